The predicted octanol–water partition coefficient (Wildman–Crippen LogP) is 3.50. The van der Waals surface area contributed by atoms with Crippen LogP contribution in [0.5, 0.6) is 0 Å². The van der Waals surface area contributed by atoms with Crippen LogP contribution in [0.2, 0.25) is 0 Å². The molecule has 30 heavy (non-hydrogen) atoms. The van der Waals surface area contributed by atoms with Gasteiger partial charge in [-0.2, -0.15) is 0 Å². The molecule has 1 unspecified atom stereocenters. The van der Waals surface area contributed by atoms with Crippen molar-refractivity contribution in [2.24, 2.45) is 0 Å². The van der Waals surface area contributed by atoms with Crippen molar-refractivity contribution in [2.45, 2.75) is 24.3 Å². The molecule has 2 aromatic carbocycles. The molecule has 156 valence electrons. The molecule has 2 N–H and O–H groups in total. The smallest absolute Gasteiger partial charge is 0.263 e. The molecule has 0 saturated carbocycles. The monoisotopic (exact) mass is 442 g/mol. The van der Waals surface area contributed by atoms with Gasteiger partial charge in [-0.1, -0.05) is 24.3 Å². The number of carbonyl (C=O) groups excluding carboxylic acids is 1. The molecule has 0 spiro atoms. The van der Waals surface area contributed by atoms with Crippen LogP contribution in [-0.2, 0) is 21.2 Å². The Morgan fingerprint density at radius 2 is 1.97 bits per heavy atom. The van der Waals surface area contributed by atoms with E-state index in [1.165, 1.54) is 40.8 Å². The molecule has 1 aromatic heterocycles. The molecule has 7 nitrogen and oxygen atoms in total. The molecule has 2 heterocycles. The number of benzene rings is 2. The highest BCUT2D eigenvalue weighted by Gasteiger charge is 2.25. The maximum absolute atomic E-state index is 12.5. The van der Waals surface area contributed by atoms with Crippen LogP contribution in [0.1, 0.15) is 24.1 Å². The summed E-state index contributed by atoms with van der Waals surface area (Å²) in [5, 5.41) is 4.85. The lowest BCUT2D eigenvalue weighted by Gasteiger charge is -2.34. The first kappa shape index (κ1) is 20.5. The molecule has 0 radical (unpaired) electrons. The number of nitrogens with one attached hydrogen (secondary N) is 2. The number of fused-ring (bicyclic) bond motifs is 1. The third kappa shape index (κ3) is 4.53. The van der Waals surface area contributed by atoms with E-state index in [0.29, 0.717) is 10.8 Å². The summed E-state index contributed by atoms with van der Waals surface area (Å²) in [6.07, 6.45) is 2.45. The normalized spacial score (nSPS) is 16.6. The van der Waals surface area contributed by atoms with Crippen molar-refractivity contribution in [3.05, 3.63) is 71.2 Å². The summed E-state index contributed by atoms with van der Waals surface area (Å²) < 4.78 is 27.2. The second-order valence-electron chi connectivity index (χ2n) is 7.11. The standard InChI is InChI=1S/C21H22N4O3S2/c1-15-19-5-3-2-4-16(19)10-12-25(15)14-20(26)23-17-6-8-18(9-7-17)30(27,28)24-21-22-11-13-29-21/h2-9,11,13,15H,10,12,14H2,1H3,(H,22,24)(H,23,26). The third-order valence-corrected chi connectivity index (χ3v) is 7.34. The molecule has 0 bridgehead atoms. The van der Waals surface area contributed by atoms with Gasteiger partial charge >= 0.3 is 0 Å². The van der Waals surface area contributed by atoms with E-state index in [9.17, 15) is 13.2 Å². The average Bonchev–Trinajstić information content (AvgIpc) is 3.23. The van der Waals surface area contributed by atoms with Crippen LogP contribution >= 0.6 is 11.3 Å². The molecule has 0 fully saturated rings. The number of rotatable bonds is 6. The first-order valence-electron chi connectivity index (χ1n) is 9.56. The van der Waals surface area contributed by atoms with Crippen LogP contribution in [0.25, 0.3) is 0 Å². The maximum atomic E-state index is 12.5. The second kappa shape index (κ2) is 8.55. The summed E-state index contributed by atoms with van der Waals surface area (Å²) in [4.78, 5) is 18.7. The largest absolute Gasteiger partial charge is 0.325 e. The lowest BCUT2D eigenvalue weighted by atomic mass is 9.94. The van der Waals surface area contributed by atoms with Gasteiger partial charge in [0.1, 0.15) is 0 Å². The Morgan fingerprint density at radius 1 is 1.20 bits per heavy atom. The number of hydrogen-bond donors (Lipinski definition) is 2. The molecule has 9 heteroatoms. The van der Waals surface area contributed by atoms with Crippen molar-refractivity contribution in [3.8, 4) is 0 Å². The van der Waals surface area contributed by atoms with E-state index in [-0.39, 0.29) is 23.4 Å². The minimum Gasteiger partial charge on any atom is -0.325 e. The van der Waals surface area contributed by atoms with Crippen LogP contribution in [0.15, 0.2) is 65.0 Å². The predicted molar refractivity (Wildman–Crippen MR) is 118 cm³/mol. The van der Waals surface area contributed by atoms with Gasteiger partial charge in [-0.3, -0.25) is 14.4 Å². The Balaban J connectivity index is 1.37. The zero-order chi connectivity index (χ0) is 21.1. The van der Waals surface area contributed by atoms with E-state index in [0.717, 1.165) is 13.0 Å². The zero-order valence-electron chi connectivity index (χ0n) is 16.4. The number of anilines is 2. The Labute approximate surface area is 179 Å². The highest BCUT2D eigenvalue weighted by Crippen LogP contribution is 2.28. The highest BCUT2D eigenvalue weighted by molar-refractivity contribution is 7.93. The third-order valence-electron chi connectivity index (χ3n) is 5.17. The number of nitrogens with zero attached hydrogens (tertiary/aromatic N) is 2. The summed E-state index contributed by atoms with van der Waals surface area (Å²) in [6.45, 7) is 3.22. The van der Waals surface area contributed by atoms with Gasteiger partial charge in [-0.15, -0.1) is 11.3 Å². The van der Waals surface area contributed by atoms with Crippen molar-refractivity contribution in [1.29, 1.82) is 0 Å². The second-order valence-corrected chi connectivity index (χ2v) is 9.69. The molecule has 1 atom stereocenters. The molecular formula is C21H22N4O3S2. The van der Waals surface area contributed by atoms with Gasteiger partial charge < -0.3 is 5.32 Å². The fraction of sp³-hybridized carbons (Fsp3) is 0.238. The molecule has 0 saturated heterocycles. The molecular weight excluding hydrogens is 420 g/mol. The van der Waals surface area contributed by atoms with Gasteiger partial charge in [-0.25, -0.2) is 13.4 Å². The van der Waals surface area contributed by atoms with Gasteiger partial charge in [0.2, 0.25) is 5.91 Å². The van der Waals surface area contributed by atoms with Crippen molar-refractivity contribution in [1.82, 2.24) is 9.88 Å². The fourth-order valence-electron chi connectivity index (χ4n) is 3.59. The Hall–Kier alpha value is -2.75. The lowest BCUT2D eigenvalue weighted by molar-refractivity contribution is -0.117. The zero-order valence-corrected chi connectivity index (χ0v) is 18.0. The van der Waals surface area contributed by atoms with Crippen molar-refractivity contribution < 1.29 is 13.2 Å². The van der Waals surface area contributed by atoms with Gasteiger partial charge in [0.05, 0.1) is 11.4 Å². The van der Waals surface area contributed by atoms with Crippen LogP contribution in [0.3, 0.4) is 0 Å². The summed E-state index contributed by atoms with van der Waals surface area (Å²) in [7, 11) is -3.71. The number of hydrogen-bond acceptors (Lipinski definition) is 6. The van der Waals surface area contributed by atoms with E-state index in [1.807, 2.05) is 12.1 Å². The average molecular weight is 443 g/mol. The molecule has 4 rings (SSSR count). The van der Waals surface area contributed by atoms with Crippen LogP contribution in [0.4, 0.5) is 10.8 Å². The number of aromatic nitrogens is 1. The molecule has 1 amide bonds. The Kier molecular flexibility index (Phi) is 5.85. The summed E-state index contributed by atoms with van der Waals surface area (Å²) in [5.41, 5.74) is 3.15. The lowest BCUT2D eigenvalue weighted by Crippen LogP contribution is -2.39. The summed E-state index contributed by atoms with van der Waals surface area (Å²) in [6, 6.07) is 14.6. The van der Waals surface area contributed by atoms with Crippen molar-refractivity contribution >= 4 is 38.1 Å². The van der Waals surface area contributed by atoms with Gasteiger partial charge in [0.25, 0.3) is 10.0 Å². The van der Waals surface area contributed by atoms with E-state index in [4.69, 9.17) is 0 Å². The molecule has 0 aliphatic carbocycles. The minimum atomic E-state index is -3.71. The van der Waals surface area contributed by atoms with Gasteiger partial charge in [0, 0.05) is 29.9 Å². The van der Waals surface area contributed by atoms with E-state index in [1.54, 1.807) is 17.5 Å². The van der Waals surface area contributed by atoms with Crippen LogP contribution < -0.4 is 10.0 Å². The highest BCUT2D eigenvalue weighted by atomic mass is 32.2. The molecule has 1 aliphatic heterocycles. The molecule has 1 aliphatic rings. The van der Waals surface area contributed by atoms with Crippen LogP contribution in [-0.4, -0.2) is 37.3 Å². The van der Waals surface area contributed by atoms with Gasteiger partial charge in [0.15, 0.2) is 5.13 Å². The SMILES string of the molecule is CC1c2ccccc2CCN1CC(=O)Nc1ccc(S(=O)(=O)Nc2nccs2)cc1. The maximum Gasteiger partial charge on any atom is 0.263 e. The Morgan fingerprint density at radius 3 is 2.70 bits per heavy atom. The van der Waals surface area contributed by atoms with Crippen LogP contribution in [0, 0.1) is 0 Å². The Bertz CT molecular complexity index is 1130. The topological polar surface area (TPSA) is 91.4 Å². The first-order valence-corrected chi connectivity index (χ1v) is 11.9. The van der Waals surface area contributed by atoms with E-state index >= 15 is 0 Å². The number of amides is 1. The van der Waals surface area contributed by atoms with E-state index in [2.05, 4.69) is 39.0 Å². The fourth-order valence-corrected chi connectivity index (χ4v) is 5.38. The number of carbonyl (C=O) groups is 1. The van der Waals surface area contributed by atoms with Gasteiger partial charge in [-0.05, 0) is 48.7 Å². The van der Waals surface area contributed by atoms with Crippen molar-refractivity contribution in [3.63, 3.8) is 0 Å². The molecule has 3 aromatic rings. The number of sulfonamides is 1. The van der Waals surface area contributed by atoms with E-state index < -0.39 is 10.0 Å². The first-order chi connectivity index (χ1) is 14.4. The number of thiazole rings is 1. The van der Waals surface area contributed by atoms with Crippen molar-refractivity contribution in [2.75, 3.05) is 23.1 Å². The summed E-state index contributed by atoms with van der Waals surface area (Å²) in [5.74, 6) is -0.127. The quantitative estimate of drug-likeness (QED) is 0.610. The minimum absolute atomic E-state index is 0.108. The summed E-state index contributed by atoms with van der Waals surface area (Å²) >= 11 is 1.21.